The van der Waals surface area contributed by atoms with Gasteiger partial charge in [-0.1, -0.05) is 19.4 Å². The number of ether oxygens (including phenoxy) is 1. The van der Waals surface area contributed by atoms with Gasteiger partial charge in [0.15, 0.2) is 11.5 Å². The van der Waals surface area contributed by atoms with E-state index in [9.17, 15) is 0 Å². The Morgan fingerprint density at radius 2 is 2.06 bits per heavy atom. The summed E-state index contributed by atoms with van der Waals surface area (Å²) in [6.07, 6.45) is 8.19. The number of hydrogen-bond acceptors (Lipinski definition) is 8. The molecule has 1 aliphatic rings. The van der Waals surface area contributed by atoms with E-state index in [2.05, 4.69) is 58.9 Å². The molecule has 0 aromatic carbocycles. The van der Waals surface area contributed by atoms with Gasteiger partial charge in [0, 0.05) is 33.6 Å². The quantitative estimate of drug-likeness (QED) is 0.512. The fourth-order valence-electron chi connectivity index (χ4n) is 4.74. The average Bonchev–Trinajstić information content (AvgIpc) is 3.22. The Morgan fingerprint density at radius 1 is 1.26 bits per heavy atom. The van der Waals surface area contributed by atoms with Gasteiger partial charge in [-0.2, -0.15) is 4.98 Å². The normalized spacial score (nSPS) is 16.3. The van der Waals surface area contributed by atoms with Crippen molar-refractivity contribution in [2.75, 3.05) is 44.4 Å². The highest BCUT2D eigenvalue weighted by Crippen LogP contribution is 2.26. The first-order valence-electron chi connectivity index (χ1n) is 12.9. The van der Waals surface area contributed by atoms with Gasteiger partial charge in [0.2, 0.25) is 0 Å². The average molecular weight is 468 g/mol. The minimum Gasteiger partial charge on any atom is -0.459 e. The maximum atomic E-state index is 7.69. The molecule has 1 saturated heterocycles. The zero-order valence-corrected chi connectivity index (χ0v) is 20.9. The fraction of sp³-hybridized carbons (Fsp3) is 0.600. The highest BCUT2D eigenvalue weighted by Gasteiger charge is 2.22. The van der Waals surface area contributed by atoms with Gasteiger partial charge in [-0.05, 0) is 64.2 Å². The molecule has 0 amide bonds. The maximum absolute atomic E-state index is 7.69. The predicted octanol–water partition coefficient (Wildman–Crippen LogP) is 3.35. The second-order valence-electron chi connectivity index (χ2n) is 9.65. The van der Waals surface area contributed by atoms with Crippen molar-refractivity contribution in [1.82, 2.24) is 29.5 Å². The van der Waals surface area contributed by atoms with Gasteiger partial charge in [-0.3, -0.25) is 0 Å². The predicted molar refractivity (Wildman–Crippen MR) is 135 cm³/mol. The van der Waals surface area contributed by atoms with Gasteiger partial charge in [0.05, 0.1) is 18.0 Å². The van der Waals surface area contributed by atoms with E-state index in [-0.39, 0.29) is 24.8 Å². The number of nitrogen functional groups attached to an aromatic ring is 1. The van der Waals surface area contributed by atoms with Crippen LogP contribution in [0.15, 0.2) is 18.5 Å². The molecule has 9 heteroatoms. The number of aromatic nitrogens is 5. The van der Waals surface area contributed by atoms with E-state index >= 15 is 0 Å². The van der Waals surface area contributed by atoms with Crippen LogP contribution in [0.1, 0.15) is 57.7 Å². The lowest BCUT2D eigenvalue weighted by atomic mass is 9.96. The minimum absolute atomic E-state index is 0.149. The van der Waals surface area contributed by atoms with Crippen molar-refractivity contribution in [2.24, 2.45) is 5.92 Å². The molecule has 34 heavy (non-hydrogen) atoms. The molecule has 3 aromatic rings. The van der Waals surface area contributed by atoms with Crippen molar-refractivity contribution in [3.63, 3.8) is 0 Å². The van der Waals surface area contributed by atoms with E-state index in [0.29, 0.717) is 12.1 Å². The summed E-state index contributed by atoms with van der Waals surface area (Å²) in [5.41, 5.74) is 9.79. The molecule has 4 rings (SSSR count). The molecule has 0 spiro atoms. The van der Waals surface area contributed by atoms with Crippen LogP contribution in [-0.4, -0.2) is 69.3 Å². The third-order valence-corrected chi connectivity index (χ3v) is 6.35. The Labute approximate surface area is 203 Å². The summed E-state index contributed by atoms with van der Waals surface area (Å²) < 4.78 is 15.2. The first-order valence-corrected chi connectivity index (χ1v) is 12.2. The number of anilines is 2. The summed E-state index contributed by atoms with van der Waals surface area (Å²) in [6, 6.07) is 2.38. The lowest BCUT2D eigenvalue weighted by molar-refractivity contribution is 0.189. The standard InChI is InChI=1S/C25H38N8O/c1-6-7-18(3)34-25-29-22(26)24-28-15-21(33(24)30-25)13-20-12-17(2)23(27-14-20)32-10-8-19(9-11-32)16-31(4)5/h12,14-15,18-19H,6-11,13,16H2,1-5H3,(H2,26,29,30)/i3D. The van der Waals surface area contributed by atoms with Crippen LogP contribution in [-0.2, 0) is 6.42 Å². The molecular formula is C25H38N8O. The molecule has 3 aromatic heterocycles. The lowest BCUT2D eigenvalue weighted by Crippen LogP contribution is -2.37. The number of pyridine rings is 1. The van der Waals surface area contributed by atoms with Gasteiger partial charge < -0.3 is 20.3 Å². The van der Waals surface area contributed by atoms with E-state index in [0.717, 1.165) is 55.5 Å². The van der Waals surface area contributed by atoms with Crippen molar-refractivity contribution in [3.8, 4) is 6.01 Å². The van der Waals surface area contributed by atoms with Gasteiger partial charge in [0.1, 0.15) is 5.82 Å². The van der Waals surface area contributed by atoms with E-state index in [1.54, 1.807) is 10.7 Å². The first kappa shape index (κ1) is 22.8. The topological polar surface area (TPSA) is 97.7 Å². The van der Waals surface area contributed by atoms with Gasteiger partial charge >= 0.3 is 6.01 Å². The Kier molecular flexibility index (Phi) is 7.08. The van der Waals surface area contributed by atoms with Gasteiger partial charge in [0.25, 0.3) is 0 Å². The Balaban J connectivity index is 1.48. The number of nitrogens with zero attached hydrogens (tertiary/aromatic N) is 7. The van der Waals surface area contributed by atoms with Crippen molar-refractivity contribution in [2.45, 2.75) is 59.0 Å². The summed E-state index contributed by atoms with van der Waals surface area (Å²) in [7, 11) is 4.30. The fourth-order valence-corrected chi connectivity index (χ4v) is 4.74. The van der Waals surface area contributed by atoms with Crippen LogP contribution in [0.25, 0.3) is 5.65 Å². The molecule has 4 heterocycles. The molecule has 1 aliphatic heterocycles. The Bertz CT molecular complexity index is 1130. The molecule has 1 atom stereocenters. The number of aryl methyl sites for hydroxylation is 1. The monoisotopic (exact) mass is 467 g/mol. The molecular weight excluding hydrogens is 428 g/mol. The second kappa shape index (κ2) is 10.5. The number of hydrogen-bond donors (Lipinski definition) is 1. The molecule has 0 saturated carbocycles. The highest BCUT2D eigenvalue weighted by molar-refractivity contribution is 5.60. The maximum Gasteiger partial charge on any atom is 0.336 e. The molecule has 1 fully saturated rings. The second-order valence-corrected chi connectivity index (χ2v) is 9.65. The molecule has 2 N–H and O–H groups in total. The van der Waals surface area contributed by atoms with Gasteiger partial charge in [-0.25, -0.2) is 14.5 Å². The number of rotatable bonds is 9. The first-order chi connectivity index (χ1) is 16.9. The highest BCUT2D eigenvalue weighted by atomic mass is 16.5. The lowest BCUT2D eigenvalue weighted by Gasteiger charge is -2.34. The SMILES string of the molecule is [2H]CC(CCC)Oc1nc(N)c2ncc(Cc3cnc(N4CCC(CN(C)C)CC4)c(C)c3)n2n1. The number of imidazole rings is 1. The van der Waals surface area contributed by atoms with E-state index in [1.165, 1.54) is 18.4 Å². The minimum atomic E-state index is -0.254. The molecule has 9 nitrogen and oxygen atoms in total. The van der Waals surface area contributed by atoms with Gasteiger partial charge in [-0.15, -0.1) is 5.10 Å². The summed E-state index contributed by atoms with van der Waals surface area (Å²) >= 11 is 0. The summed E-state index contributed by atoms with van der Waals surface area (Å²) in [6.45, 7) is 7.60. The Morgan fingerprint density at radius 3 is 2.74 bits per heavy atom. The van der Waals surface area contributed by atoms with Crippen molar-refractivity contribution in [3.05, 3.63) is 35.3 Å². The van der Waals surface area contributed by atoms with Crippen molar-refractivity contribution < 1.29 is 6.11 Å². The summed E-state index contributed by atoms with van der Waals surface area (Å²) in [5, 5.41) is 4.53. The molecule has 0 bridgehead atoms. The zero-order chi connectivity index (χ0) is 24.9. The number of fused-ring (bicyclic) bond motifs is 1. The smallest absolute Gasteiger partial charge is 0.336 e. The van der Waals surface area contributed by atoms with Crippen LogP contribution in [0.5, 0.6) is 6.01 Å². The van der Waals surface area contributed by atoms with Crippen LogP contribution in [0, 0.1) is 12.8 Å². The van der Waals surface area contributed by atoms with E-state index in [1.807, 2.05) is 6.20 Å². The van der Waals surface area contributed by atoms with Crippen LogP contribution in [0.3, 0.4) is 0 Å². The Hall–Kier alpha value is -2.94. The molecule has 0 aliphatic carbocycles. The molecule has 0 radical (unpaired) electrons. The van der Waals surface area contributed by atoms with Crippen LogP contribution >= 0.6 is 0 Å². The van der Waals surface area contributed by atoms with E-state index in [4.69, 9.17) is 16.8 Å². The van der Waals surface area contributed by atoms with Crippen LogP contribution < -0.4 is 15.4 Å². The zero-order valence-electron chi connectivity index (χ0n) is 21.9. The number of piperidine rings is 1. The largest absolute Gasteiger partial charge is 0.459 e. The number of nitrogens with two attached hydrogens (primary N) is 1. The van der Waals surface area contributed by atoms with Crippen LogP contribution in [0.2, 0.25) is 0 Å². The third kappa shape index (κ3) is 5.58. The summed E-state index contributed by atoms with van der Waals surface area (Å²) in [5.74, 6) is 2.11. The van der Waals surface area contributed by atoms with Crippen LogP contribution in [0.4, 0.5) is 11.6 Å². The molecule has 1 unspecified atom stereocenters. The molecule has 184 valence electrons. The third-order valence-electron chi connectivity index (χ3n) is 6.35. The van der Waals surface area contributed by atoms with E-state index < -0.39 is 0 Å². The van der Waals surface area contributed by atoms with Crippen molar-refractivity contribution >= 4 is 17.3 Å². The summed E-state index contributed by atoms with van der Waals surface area (Å²) in [4.78, 5) is 18.2. The van der Waals surface area contributed by atoms with Crippen molar-refractivity contribution in [1.29, 1.82) is 0 Å².